The molecule has 1 atom stereocenters. The largest absolute Gasteiger partial charge is 0.465 e. The third-order valence-electron chi connectivity index (χ3n) is 4.26. The van der Waals surface area contributed by atoms with Gasteiger partial charge in [-0.15, -0.1) is 11.3 Å². The highest BCUT2D eigenvalue weighted by molar-refractivity contribution is 7.17. The molecular formula is C16H20N2O5S. The number of fused-ring (bicyclic) bond motifs is 1. The second-order valence-corrected chi connectivity index (χ2v) is 6.96. The predicted molar refractivity (Wildman–Crippen MR) is 88.3 cm³/mol. The van der Waals surface area contributed by atoms with Crippen molar-refractivity contribution in [3.63, 3.8) is 0 Å². The molecule has 1 aromatic heterocycles. The van der Waals surface area contributed by atoms with Gasteiger partial charge >= 0.3 is 17.8 Å². The highest BCUT2D eigenvalue weighted by atomic mass is 32.1. The van der Waals surface area contributed by atoms with E-state index < -0.39 is 17.8 Å². The number of hydrogen-bond acceptors (Lipinski definition) is 6. The first-order chi connectivity index (χ1) is 11.6. The minimum absolute atomic E-state index is 0.0297. The van der Waals surface area contributed by atoms with Gasteiger partial charge in [-0.25, -0.2) is 4.79 Å². The van der Waals surface area contributed by atoms with Crippen LogP contribution >= 0.6 is 11.3 Å². The van der Waals surface area contributed by atoms with Crippen LogP contribution in [0.1, 0.15) is 40.1 Å². The van der Waals surface area contributed by atoms with Gasteiger partial charge in [0.1, 0.15) is 5.00 Å². The van der Waals surface area contributed by atoms with Crippen LogP contribution in [0.15, 0.2) is 0 Å². The van der Waals surface area contributed by atoms with Crippen molar-refractivity contribution >= 4 is 34.1 Å². The highest BCUT2D eigenvalue weighted by Gasteiger charge is 2.29. The van der Waals surface area contributed by atoms with Crippen LogP contribution in [-0.4, -0.2) is 44.1 Å². The van der Waals surface area contributed by atoms with Crippen molar-refractivity contribution in [1.29, 1.82) is 0 Å². The Kier molecular flexibility index (Phi) is 5.15. The SMILES string of the molecule is COC(=O)c1c(NC(=O)C(=O)NC[C@@H]2CCCO2)sc2c1CCC2. The molecule has 2 heterocycles. The third kappa shape index (κ3) is 3.44. The Morgan fingerprint density at radius 3 is 2.79 bits per heavy atom. The quantitative estimate of drug-likeness (QED) is 0.628. The molecule has 1 aliphatic heterocycles. The zero-order chi connectivity index (χ0) is 17.1. The Bertz CT molecular complexity index is 664. The van der Waals surface area contributed by atoms with Gasteiger partial charge in [-0.1, -0.05) is 0 Å². The van der Waals surface area contributed by atoms with Gasteiger partial charge in [-0.3, -0.25) is 9.59 Å². The van der Waals surface area contributed by atoms with Gasteiger partial charge in [0, 0.05) is 18.0 Å². The summed E-state index contributed by atoms with van der Waals surface area (Å²) in [4.78, 5) is 37.1. The normalized spacial score (nSPS) is 19.0. The lowest BCUT2D eigenvalue weighted by Crippen LogP contribution is -2.39. The van der Waals surface area contributed by atoms with Gasteiger partial charge in [0.2, 0.25) is 0 Å². The summed E-state index contributed by atoms with van der Waals surface area (Å²) >= 11 is 1.34. The molecular weight excluding hydrogens is 332 g/mol. The second-order valence-electron chi connectivity index (χ2n) is 5.85. The van der Waals surface area contributed by atoms with Crippen molar-refractivity contribution in [3.05, 3.63) is 16.0 Å². The van der Waals surface area contributed by atoms with Crippen LogP contribution in [0, 0.1) is 0 Å². The number of anilines is 1. The van der Waals surface area contributed by atoms with Crippen molar-refractivity contribution in [2.45, 2.75) is 38.2 Å². The zero-order valence-corrected chi connectivity index (χ0v) is 14.3. The number of amides is 2. The van der Waals surface area contributed by atoms with Crippen LogP contribution < -0.4 is 10.6 Å². The highest BCUT2D eigenvalue weighted by Crippen LogP contribution is 2.39. The monoisotopic (exact) mass is 352 g/mol. The number of thiophene rings is 1. The minimum atomic E-state index is -0.780. The summed E-state index contributed by atoms with van der Waals surface area (Å²) in [7, 11) is 1.31. The first kappa shape index (κ1) is 16.9. The molecule has 1 aromatic rings. The van der Waals surface area contributed by atoms with Crippen molar-refractivity contribution in [2.75, 3.05) is 25.6 Å². The first-order valence-corrected chi connectivity index (χ1v) is 8.85. The molecule has 3 rings (SSSR count). The van der Waals surface area contributed by atoms with Gasteiger partial charge in [0.25, 0.3) is 0 Å². The van der Waals surface area contributed by atoms with E-state index in [0.29, 0.717) is 23.7 Å². The number of ether oxygens (including phenoxy) is 2. The van der Waals surface area contributed by atoms with E-state index in [-0.39, 0.29) is 6.10 Å². The standard InChI is InChI=1S/C16H20N2O5S/c1-22-16(21)12-10-5-2-6-11(10)24-15(12)18-14(20)13(19)17-8-9-4-3-7-23-9/h9H,2-8H2,1H3,(H,17,19)(H,18,20)/t9-/m0/s1. The summed E-state index contributed by atoms with van der Waals surface area (Å²) in [6.45, 7) is 1.01. The molecule has 2 amide bonds. The van der Waals surface area contributed by atoms with Gasteiger partial charge in [0.15, 0.2) is 0 Å². The second kappa shape index (κ2) is 7.31. The van der Waals surface area contributed by atoms with E-state index >= 15 is 0 Å². The Labute approximate surface area is 143 Å². The van der Waals surface area contributed by atoms with Crippen LogP contribution in [0.3, 0.4) is 0 Å². The Morgan fingerprint density at radius 2 is 2.08 bits per heavy atom. The molecule has 2 N–H and O–H groups in total. The fourth-order valence-electron chi connectivity index (χ4n) is 3.06. The molecule has 0 aromatic carbocycles. The maximum Gasteiger partial charge on any atom is 0.341 e. The third-order valence-corrected chi connectivity index (χ3v) is 5.47. The summed E-state index contributed by atoms with van der Waals surface area (Å²) in [5.41, 5.74) is 1.32. The van der Waals surface area contributed by atoms with E-state index in [1.54, 1.807) is 0 Å². The molecule has 1 saturated heterocycles. The topological polar surface area (TPSA) is 93.7 Å². The molecule has 130 valence electrons. The molecule has 0 saturated carbocycles. The number of aryl methyl sites for hydroxylation is 1. The Balaban J connectivity index is 1.65. The number of methoxy groups -OCH3 is 1. The molecule has 7 nitrogen and oxygen atoms in total. The van der Waals surface area contributed by atoms with Crippen molar-refractivity contribution in [1.82, 2.24) is 5.32 Å². The van der Waals surface area contributed by atoms with E-state index in [4.69, 9.17) is 9.47 Å². The molecule has 0 radical (unpaired) electrons. The summed E-state index contributed by atoms with van der Waals surface area (Å²) in [6.07, 6.45) is 4.48. The molecule has 0 unspecified atom stereocenters. The van der Waals surface area contributed by atoms with Crippen molar-refractivity contribution < 1.29 is 23.9 Å². The first-order valence-electron chi connectivity index (χ1n) is 8.03. The fraction of sp³-hybridized carbons (Fsp3) is 0.562. The molecule has 1 aliphatic carbocycles. The van der Waals surface area contributed by atoms with Gasteiger partial charge in [0.05, 0.1) is 18.8 Å². The van der Waals surface area contributed by atoms with E-state index in [9.17, 15) is 14.4 Å². The number of hydrogen-bond donors (Lipinski definition) is 2. The summed E-state index contributed by atoms with van der Waals surface area (Å²) in [5.74, 6) is -1.99. The number of rotatable bonds is 4. The molecule has 0 bridgehead atoms. The molecule has 2 aliphatic rings. The number of carbonyl (C=O) groups is 3. The predicted octanol–water partition coefficient (Wildman–Crippen LogP) is 1.26. The number of esters is 1. The summed E-state index contributed by atoms with van der Waals surface area (Å²) in [5, 5.41) is 5.52. The van der Waals surface area contributed by atoms with Crippen LogP contribution in [0.2, 0.25) is 0 Å². The maximum absolute atomic E-state index is 12.1. The van der Waals surface area contributed by atoms with E-state index in [2.05, 4.69) is 10.6 Å². The average molecular weight is 352 g/mol. The summed E-state index contributed by atoms with van der Waals surface area (Å²) < 4.78 is 10.2. The van der Waals surface area contributed by atoms with E-state index in [1.807, 2.05) is 0 Å². The number of carbonyl (C=O) groups excluding carboxylic acids is 3. The lowest BCUT2D eigenvalue weighted by molar-refractivity contribution is -0.136. The minimum Gasteiger partial charge on any atom is -0.465 e. The Hall–Kier alpha value is -1.93. The van der Waals surface area contributed by atoms with Gasteiger partial charge < -0.3 is 20.1 Å². The van der Waals surface area contributed by atoms with Crippen LogP contribution in [0.4, 0.5) is 5.00 Å². The zero-order valence-electron chi connectivity index (χ0n) is 13.5. The molecule has 24 heavy (non-hydrogen) atoms. The lowest BCUT2D eigenvalue weighted by atomic mass is 10.1. The van der Waals surface area contributed by atoms with E-state index in [0.717, 1.165) is 42.5 Å². The van der Waals surface area contributed by atoms with Gasteiger partial charge in [-0.05, 0) is 37.7 Å². The van der Waals surface area contributed by atoms with Crippen LogP contribution in [0.25, 0.3) is 0 Å². The molecule has 0 spiro atoms. The van der Waals surface area contributed by atoms with Crippen molar-refractivity contribution in [2.24, 2.45) is 0 Å². The fourth-order valence-corrected chi connectivity index (χ4v) is 4.33. The van der Waals surface area contributed by atoms with E-state index in [1.165, 1.54) is 18.4 Å². The van der Waals surface area contributed by atoms with Gasteiger partial charge in [-0.2, -0.15) is 0 Å². The molecule has 1 fully saturated rings. The average Bonchev–Trinajstić information content (AvgIpc) is 3.28. The van der Waals surface area contributed by atoms with Crippen LogP contribution in [0.5, 0.6) is 0 Å². The molecule has 8 heteroatoms. The summed E-state index contributed by atoms with van der Waals surface area (Å²) in [6, 6.07) is 0. The lowest BCUT2D eigenvalue weighted by Gasteiger charge is -2.11. The smallest absolute Gasteiger partial charge is 0.341 e. The van der Waals surface area contributed by atoms with Crippen LogP contribution in [-0.2, 0) is 31.9 Å². The Morgan fingerprint density at radius 1 is 1.25 bits per heavy atom. The maximum atomic E-state index is 12.1. The van der Waals surface area contributed by atoms with Crippen molar-refractivity contribution in [3.8, 4) is 0 Å². The number of nitrogens with one attached hydrogen (secondary N) is 2.